The Labute approximate surface area is 146 Å². The van der Waals surface area contributed by atoms with Gasteiger partial charge in [-0.15, -0.1) is 0 Å². The summed E-state index contributed by atoms with van der Waals surface area (Å²) in [7, 11) is 4.12. The molecule has 0 aliphatic rings. The lowest BCUT2D eigenvalue weighted by Crippen LogP contribution is -3.07. The average molecular weight is 427 g/mol. The maximum Gasteiger partial charge on any atom is 0.121 e. The zero-order chi connectivity index (χ0) is 15.9. The molecular weight excluding hydrogens is 408 g/mol. The fourth-order valence-corrected chi connectivity index (χ4v) is 3.71. The number of likely N-dealkylation sites (N-methyl/N-ethyl adjacent to an activating group) is 1. The van der Waals surface area contributed by atoms with Crippen LogP contribution in [0.3, 0.4) is 0 Å². The van der Waals surface area contributed by atoms with E-state index >= 15 is 0 Å². The average Bonchev–Trinajstić information content (AvgIpc) is 2.71. The van der Waals surface area contributed by atoms with E-state index in [-0.39, 0.29) is 6.10 Å². The Morgan fingerprint density at radius 1 is 1.00 bits per heavy atom. The molecular formula is C17H19Br2N2O+. The van der Waals surface area contributed by atoms with Gasteiger partial charge in [-0.05, 0) is 36.4 Å². The predicted octanol–water partition coefficient (Wildman–Crippen LogP) is 2.82. The first-order valence-electron chi connectivity index (χ1n) is 7.30. The van der Waals surface area contributed by atoms with Crippen molar-refractivity contribution in [2.24, 2.45) is 0 Å². The van der Waals surface area contributed by atoms with Crippen LogP contribution < -0.4 is 4.90 Å². The summed E-state index contributed by atoms with van der Waals surface area (Å²) < 4.78 is 4.35. The molecule has 0 spiro atoms. The number of hydrogen-bond acceptors (Lipinski definition) is 1. The number of aliphatic hydroxyl groups is 1. The molecule has 0 fully saturated rings. The van der Waals surface area contributed by atoms with Crippen LogP contribution in [0, 0.1) is 0 Å². The molecule has 2 N–H and O–H groups in total. The number of nitrogens with zero attached hydrogens (tertiary/aromatic N) is 1. The van der Waals surface area contributed by atoms with Crippen LogP contribution >= 0.6 is 31.9 Å². The normalized spacial score (nSPS) is 13.4. The van der Waals surface area contributed by atoms with E-state index in [1.54, 1.807) is 0 Å². The van der Waals surface area contributed by atoms with Crippen molar-refractivity contribution in [1.82, 2.24) is 4.57 Å². The Hall–Kier alpha value is -0.880. The third-order valence-corrected chi connectivity index (χ3v) is 4.81. The smallest absolute Gasteiger partial charge is 0.121 e. The van der Waals surface area contributed by atoms with Gasteiger partial charge in [-0.1, -0.05) is 31.9 Å². The number of hydrogen-bond donors (Lipinski definition) is 2. The highest BCUT2D eigenvalue weighted by molar-refractivity contribution is 9.10. The molecule has 1 heterocycles. The van der Waals surface area contributed by atoms with Crippen LogP contribution in [0.2, 0.25) is 0 Å². The lowest BCUT2D eigenvalue weighted by atomic mass is 10.2. The Morgan fingerprint density at radius 2 is 1.50 bits per heavy atom. The molecule has 116 valence electrons. The van der Waals surface area contributed by atoms with Gasteiger partial charge in [0.15, 0.2) is 0 Å². The van der Waals surface area contributed by atoms with Gasteiger partial charge in [0.05, 0.1) is 20.6 Å². The second-order valence-corrected chi connectivity index (χ2v) is 7.83. The van der Waals surface area contributed by atoms with Crippen molar-refractivity contribution in [3.63, 3.8) is 0 Å². The summed E-state index contributed by atoms with van der Waals surface area (Å²) >= 11 is 7.11. The summed E-state index contributed by atoms with van der Waals surface area (Å²) in [5.74, 6) is 0. The first-order chi connectivity index (χ1) is 10.5. The minimum absolute atomic E-state index is 0.365. The van der Waals surface area contributed by atoms with Crippen LogP contribution in [0.4, 0.5) is 0 Å². The number of quaternary nitrogens is 1. The van der Waals surface area contributed by atoms with Gasteiger partial charge in [0, 0.05) is 30.8 Å². The first kappa shape index (κ1) is 16.0. The molecule has 2 aromatic carbocycles. The van der Waals surface area contributed by atoms with E-state index in [0.717, 1.165) is 26.5 Å². The molecule has 0 saturated heterocycles. The minimum atomic E-state index is -0.365. The third kappa shape index (κ3) is 3.08. The molecule has 3 aromatic rings. The van der Waals surface area contributed by atoms with E-state index in [9.17, 15) is 5.11 Å². The monoisotopic (exact) mass is 425 g/mol. The number of fused-ring (bicyclic) bond motifs is 3. The molecule has 5 heteroatoms. The Bertz CT molecular complexity index is 767. The van der Waals surface area contributed by atoms with Crippen LogP contribution in [0.5, 0.6) is 0 Å². The SMILES string of the molecule is C[NH+](C)C[C@@H](O)Cn1c2ccc(Br)cc2c2cc(Br)ccc21. The van der Waals surface area contributed by atoms with Gasteiger partial charge in [-0.2, -0.15) is 0 Å². The Kier molecular flexibility index (Phi) is 4.59. The van der Waals surface area contributed by atoms with Crippen molar-refractivity contribution >= 4 is 53.7 Å². The van der Waals surface area contributed by atoms with E-state index < -0.39 is 0 Å². The minimum Gasteiger partial charge on any atom is -0.385 e. The zero-order valence-corrected chi connectivity index (χ0v) is 15.8. The summed E-state index contributed by atoms with van der Waals surface area (Å²) in [6.07, 6.45) is -0.365. The van der Waals surface area contributed by atoms with E-state index in [2.05, 4.69) is 86.9 Å². The van der Waals surface area contributed by atoms with E-state index in [0.29, 0.717) is 6.54 Å². The molecule has 3 nitrogen and oxygen atoms in total. The second kappa shape index (κ2) is 6.32. The zero-order valence-electron chi connectivity index (χ0n) is 12.6. The van der Waals surface area contributed by atoms with Crippen LogP contribution in [0.25, 0.3) is 21.8 Å². The number of rotatable bonds is 4. The van der Waals surface area contributed by atoms with Gasteiger partial charge in [0.1, 0.15) is 12.6 Å². The molecule has 0 bridgehead atoms. The van der Waals surface area contributed by atoms with E-state index in [1.807, 2.05) is 0 Å². The van der Waals surface area contributed by atoms with Crippen LogP contribution in [0.1, 0.15) is 0 Å². The fourth-order valence-electron chi connectivity index (χ4n) is 2.99. The van der Waals surface area contributed by atoms with E-state index in [4.69, 9.17) is 0 Å². The maximum atomic E-state index is 10.4. The van der Waals surface area contributed by atoms with Crippen molar-refractivity contribution in [3.8, 4) is 0 Å². The molecule has 0 saturated carbocycles. The maximum absolute atomic E-state index is 10.4. The lowest BCUT2D eigenvalue weighted by Gasteiger charge is -2.16. The topological polar surface area (TPSA) is 29.6 Å². The second-order valence-electron chi connectivity index (χ2n) is 6.00. The molecule has 1 atom stereocenters. The highest BCUT2D eigenvalue weighted by atomic mass is 79.9. The van der Waals surface area contributed by atoms with Crippen molar-refractivity contribution < 1.29 is 10.0 Å². The van der Waals surface area contributed by atoms with Gasteiger partial charge in [-0.25, -0.2) is 0 Å². The standard InChI is InChI=1S/C17H18Br2N2O/c1-20(2)9-13(22)10-21-16-5-3-11(18)7-14(16)15-8-12(19)4-6-17(15)21/h3-8,13,22H,9-10H2,1-2H3/p+1/t13-/m1/s1. The van der Waals surface area contributed by atoms with Crippen molar-refractivity contribution in [2.75, 3.05) is 20.6 Å². The van der Waals surface area contributed by atoms with Crippen molar-refractivity contribution in [3.05, 3.63) is 45.3 Å². The Morgan fingerprint density at radius 3 is 1.95 bits per heavy atom. The van der Waals surface area contributed by atoms with Gasteiger partial charge in [0.25, 0.3) is 0 Å². The molecule has 1 aromatic heterocycles. The quantitative estimate of drug-likeness (QED) is 0.660. The highest BCUT2D eigenvalue weighted by Crippen LogP contribution is 2.33. The molecule has 0 amide bonds. The summed E-state index contributed by atoms with van der Waals surface area (Å²) in [6, 6.07) is 12.6. The number of nitrogens with one attached hydrogen (secondary N) is 1. The molecule has 0 aliphatic carbocycles. The van der Waals surface area contributed by atoms with Gasteiger partial charge in [-0.3, -0.25) is 0 Å². The van der Waals surface area contributed by atoms with Crippen molar-refractivity contribution in [2.45, 2.75) is 12.6 Å². The lowest BCUT2D eigenvalue weighted by molar-refractivity contribution is -0.861. The fraction of sp³-hybridized carbons (Fsp3) is 0.294. The largest absolute Gasteiger partial charge is 0.385 e. The van der Waals surface area contributed by atoms with Crippen molar-refractivity contribution in [1.29, 1.82) is 0 Å². The third-order valence-electron chi connectivity index (χ3n) is 3.83. The summed E-state index contributed by atoms with van der Waals surface area (Å²) in [4.78, 5) is 1.25. The van der Waals surface area contributed by atoms with Crippen LogP contribution in [-0.2, 0) is 6.54 Å². The highest BCUT2D eigenvalue weighted by Gasteiger charge is 2.16. The summed E-state index contributed by atoms with van der Waals surface area (Å²) in [6.45, 7) is 1.34. The van der Waals surface area contributed by atoms with E-state index in [1.165, 1.54) is 15.7 Å². The molecule has 22 heavy (non-hydrogen) atoms. The predicted molar refractivity (Wildman–Crippen MR) is 98.5 cm³/mol. The number of aromatic nitrogens is 1. The van der Waals surface area contributed by atoms with Crippen LogP contribution in [-0.4, -0.2) is 36.4 Å². The van der Waals surface area contributed by atoms with Gasteiger partial charge < -0.3 is 14.6 Å². The van der Waals surface area contributed by atoms with Gasteiger partial charge >= 0.3 is 0 Å². The molecule has 0 radical (unpaired) electrons. The van der Waals surface area contributed by atoms with Gasteiger partial charge in [0.2, 0.25) is 0 Å². The molecule has 0 unspecified atom stereocenters. The summed E-state index contributed by atoms with van der Waals surface area (Å²) in [5, 5.41) is 12.8. The number of halogens is 2. The number of aliphatic hydroxyl groups excluding tert-OH is 1. The molecule has 0 aliphatic heterocycles. The number of benzene rings is 2. The Balaban J connectivity index is 2.18. The van der Waals surface area contributed by atoms with Crippen LogP contribution in [0.15, 0.2) is 45.3 Å². The molecule has 3 rings (SSSR count). The summed E-state index contributed by atoms with van der Waals surface area (Å²) in [5.41, 5.74) is 2.31. The first-order valence-corrected chi connectivity index (χ1v) is 8.88.